The van der Waals surface area contributed by atoms with Gasteiger partial charge in [-0.05, 0) is 142 Å². The highest BCUT2D eigenvalue weighted by Crippen LogP contribution is 2.51. The van der Waals surface area contributed by atoms with Crippen molar-refractivity contribution >= 4 is 47.4 Å². The molecule has 0 saturated heterocycles. The molecular formula is C48H60N5O14S3+. The fourth-order valence-corrected chi connectivity index (χ4v) is 10.6. The van der Waals surface area contributed by atoms with Crippen molar-refractivity contribution in [3.8, 4) is 5.75 Å². The van der Waals surface area contributed by atoms with E-state index in [1.54, 1.807) is 18.9 Å². The molecule has 19 nitrogen and oxygen atoms in total. The summed E-state index contributed by atoms with van der Waals surface area (Å²) in [5, 5.41) is 5.12. The lowest BCUT2D eigenvalue weighted by Gasteiger charge is -2.27. The zero-order valence-corrected chi connectivity index (χ0v) is 42.7. The van der Waals surface area contributed by atoms with Gasteiger partial charge in [-0.3, -0.25) is 18.5 Å². The number of hydrogen-bond acceptors (Lipinski definition) is 13. The van der Waals surface area contributed by atoms with Gasteiger partial charge in [0.05, 0.1) is 71.1 Å². The molecular weight excluding hydrogens is 967 g/mol. The van der Waals surface area contributed by atoms with E-state index >= 15 is 0 Å². The number of aryl methyl sites for hydroxylation is 2. The number of fused-ring (bicyclic) bond motifs is 2. The summed E-state index contributed by atoms with van der Waals surface area (Å²) < 4.78 is 128. The first-order valence-electron chi connectivity index (χ1n) is 22.5. The number of rotatable bonds is 22. The van der Waals surface area contributed by atoms with Crippen LogP contribution in [-0.4, -0.2) is 109 Å². The van der Waals surface area contributed by atoms with E-state index in [2.05, 4.69) is 10.0 Å². The summed E-state index contributed by atoms with van der Waals surface area (Å²) in [4.78, 5) is 8.37. The number of hydrogen-bond donors (Lipinski definition) is 3. The third kappa shape index (κ3) is 12.4. The number of azide groups is 1. The predicted molar refractivity (Wildman–Crippen MR) is 261 cm³/mol. The minimum Gasteiger partial charge on any atom is -0.457 e. The smallest absolute Gasteiger partial charge is 0.294 e. The van der Waals surface area contributed by atoms with Crippen LogP contribution >= 0.6 is 0 Å². The van der Waals surface area contributed by atoms with Crippen molar-refractivity contribution < 1.29 is 67.3 Å². The van der Waals surface area contributed by atoms with Gasteiger partial charge in [0.15, 0.2) is 5.71 Å². The number of benzene rings is 3. The summed E-state index contributed by atoms with van der Waals surface area (Å²) in [6.45, 7) is 13.8. The van der Waals surface area contributed by atoms with Gasteiger partial charge < -0.3 is 18.9 Å². The number of allylic oxidation sites excluding steroid dienone is 7. The fraction of sp³-hybridized carbons (Fsp3) is 0.438. The minimum absolute atomic E-state index is 0.101. The average Bonchev–Trinajstić information content (AvgIpc) is 3.61. The van der Waals surface area contributed by atoms with Gasteiger partial charge in [0.2, 0.25) is 5.69 Å². The lowest BCUT2D eigenvalue weighted by atomic mass is 9.80. The third-order valence-electron chi connectivity index (χ3n) is 12.4. The standard InChI is InChI=1S/C48H59N5O14S3/c1-32-28-38(69(57,58)59)30-40-44(32)52(7)42(47(40,3)4)18-12-34-10-8-11-35(46(34)67-36-14-16-37(17-15-36)68(54,55)56)13-19-43-48(5,6)41-31-39(70(60,61)62)29-33(2)45(41)53(43)66-27-26-65-25-24-64-23-22-63-21-9-20-50-51-49/h12-19,28-31H,8-11,20-27H2,1-7H3,(H2-,54,55,56,57,58,59,60,61,62)/p+1. The van der Waals surface area contributed by atoms with Crippen LogP contribution in [0.25, 0.3) is 10.4 Å². The molecule has 1 aliphatic carbocycles. The van der Waals surface area contributed by atoms with E-state index in [0.29, 0.717) is 98.2 Å². The summed E-state index contributed by atoms with van der Waals surface area (Å²) in [6.07, 6.45) is 10.2. The van der Waals surface area contributed by atoms with Gasteiger partial charge in [0.1, 0.15) is 18.6 Å². The van der Waals surface area contributed by atoms with E-state index in [9.17, 15) is 38.9 Å². The molecule has 70 heavy (non-hydrogen) atoms. The molecule has 0 fully saturated rings. The quantitative estimate of drug-likeness (QED) is 0.0213. The topological polar surface area (TPSA) is 264 Å². The van der Waals surface area contributed by atoms with E-state index in [1.165, 1.54) is 48.5 Å². The maximum absolute atomic E-state index is 12.4. The zero-order valence-electron chi connectivity index (χ0n) is 40.2. The van der Waals surface area contributed by atoms with E-state index in [-0.39, 0.29) is 34.5 Å². The molecule has 2 heterocycles. The van der Waals surface area contributed by atoms with Crippen LogP contribution in [0.3, 0.4) is 0 Å². The van der Waals surface area contributed by atoms with Gasteiger partial charge in [-0.15, -0.1) is 0 Å². The number of nitrogens with zero attached hydrogens (tertiary/aromatic N) is 5. The Kier molecular flexibility index (Phi) is 17.0. The van der Waals surface area contributed by atoms with Gasteiger partial charge in [-0.25, -0.2) is 5.06 Å². The molecule has 2 aliphatic heterocycles. The Morgan fingerprint density at radius 2 is 1.30 bits per heavy atom. The lowest BCUT2D eigenvalue weighted by molar-refractivity contribution is -0.402. The Bertz CT molecular complexity index is 3040. The Hall–Kier alpha value is -5.23. The van der Waals surface area contributed by atoms with Crippen molar-refractivity contribution in [2.75, 3.05) is 64.9 Å². The Balaban J connectivity index is 1.33. The molecule has 0 amide bonds. The average molecular weight is 1030 g/mol. The highest BCUT2D eigenvalue weighted by atomic mass is 32.2. The molecule has 22 heteroatoms. The van der Waals surface area contributed by atoms with Crippen LogP contribution < -0.4 is 9.80 Å². The predicted octanol–water partition coefficient (Wildman–Crippen LogP) is 8.41. The summed E-state index contributed by atoms with van der Waals surface area (Å²) in [5.74, 6) is 0.781. The molecule has 3 aromatic rings. The summed E-state index contributed by atoms with van der Waals surface area (Å²) in [7, 11) is -11.6. The van der Waals surface area contributed by atoms with Crippen LogP contribution in [-0.2, 0) is 60.2 Å². The van der Waals surface area contributed by atoms with Crippen molar-refractivity contribution in [1.29, 1.82) is 0 Å². The Morgan fingerprint density at radius 1 is 0.729 bits per heavy atom. The first-order chi connectivity index (χ1) is 32.9. The lowest BCUT2D eigenvalue weighted by Crippen LogP contribution is -2.28. The SMILES string of the molecule is Cc1cc(S(=O)(=O)O)cc2c1N(OCCOCCOCCOCCCN=[N+]=[N-])/C(=C/C=C1\CCCC(/C=C/C3=[N+](C)c4c(C)cc(S(=O)(=O)O)cc4C3(C)C)=C1Oc1ccc(S(=O)(=O)O)cc1)C2(C)C. The summed E-state index contributed by atoms with van der Waals surface area (Å²) in [6, 6.07) is 11.1. The van der Waals surface area contributed by atoms with Crippen molar-refractivity contribution in [3.63, 3.8) is 0 Å². The maximum atomic E-state index is 12.4. The van der Waals surface area contributed by atoms with Crippen LogP contribution in [0, 0.1) is 13.8 Å². The molecule has 0 bridgehead atoms. The van der Waals surface area contributed by atoms with Gasteiger partial charge in [-0.1, -0.05) is 25.0 Å². The molecule has 0 atom stereocenters. The second kappa shape index (κ2) is 22.0. The van der Waals surface area contributed by atoms with Crippen molar-refractivity contribution in [2.45, 2.75) is 92.7 Å². The van der Waals surface area contributed by atoms with Crippen LogP contribution in [0.15, 0.2) is 115 Å². The first kappa shape index (κ1) is 54.1. The minimum atomic E-state index is -4.57. The van der Waals surface area contributed by atoms with Crippen LogP contribution in [0.5, 0.6) is 5.75 Å². The Labute approximate surface area is 409 Å². The van der Waals surface area contributed by atoms with Crippen molar-refractivity contribution in [2.24, 2.45) is 5.11 Å². The van der Waals surface area contributed by atoms with Crippen molar-refractivity contribution in [3.05, 3.63) is 128 Å². The second-order valence-electron chi connectivity index (χ2n) is 18.0. The molecule has 378 valence electrons. The molecule has 3 N–H and O–H groups in total. The maximum Gasteiger partial charge on any atom is 0.294 e. The molecule has 0 spiro atoms. The molecule has 0 radical (unpaired) electrons. The third-order valence-corrected chi connectivity index (χ3v) is 14.9. The van der Waals surface area contributed by atoms with E-state index in [4.69, 9.17) is 29.3 Å². The molecule has 3 aliphatic rings. The largest absolute Gasteiger partial charge is 0.457 e. The van der Waals surface area contributed by atoms with Crippen LogP contribution in [0.4, 0.5) is 11.4 Å². The van der Waals surface area contributed by atoms with Gasteiger partial charge in [-0.2, -0.15) is 29.8 Å². The second-order valence-corrected chi connectivity index (χ2v) is 22.3. The summed E-state index contributed by atoms with van der Waals surface area (Å²) >= 11 is 0. The van der Waals surface area contributed by atoms with Gasteiger partial charge in [0, 0.05) is 40.7 Å². The monoisotopic (exact) mass is 1030 g/mol. The molecule has 6 rings (SSSR count). The number of hydroxylamine groups is 1. The molecule has 3 aromatic carbocycles. The zero-order chi connectivity index (χ0) is 51.2. The van der Waals surface area contributed by atoms with Crippen LogP contribution in [0.2, 0.25) is 0 Å². The highest BCUT2D eigenvalue weighted by Gasteiger charge is 2.45. The van der Waals surface area contributed by atoms with Crippen LogP contribution in [0.1, 0.15) is 75.6 Å². The normalized spacial score (nSPS) is 18.0. The molecule has 0 unspecified atom stereocenters. The van der Waals surface area contributed by atoms with E-state index in [0.717, 1.165) is 28.1 Å². The fourth-order valence-electron chi connectivity index (χ4n) is 8.90. The highest BCUT2D eigenvalue weighted by molar-refractivity contribution is 7.86. The summed E-state index contributed by atoms with van der Waals surface area (Å²) in [5.41, 5.74) is 13.8. The van der Waals surface area contributed by atoms with Gasteiger partial charge in [0.25, 0.3) is 30.4 Å². The molecule has 0 saturated carbocycles. The van der Waals surface area contributed by atoms with Gasteiger partial charge >= 0.3 is 0 Å². The van der Waals surface area contributed by atoms with E-state index < -0.39 is 41.2 Å². The number of ether oxygens (including phenoxy) is 4. The number of anilines is 1. The van der Waals surface area contributed by atoms with Crippen molar-refractivity contribution in [1.82, 2.24) is 0 Å². The first-order valence-corrected chi connectivity index (χ1v) is 26.8. The Morgan fingerprint density at radius 3 is 1.90 bits per heavy atom. The van der Waals surface area contributed by atoms with E-state index in [1.807, 2.05) is 63.6 Å². The molecule has 0 aromatic heterocycles.